The number of anilines is 1. The van der Waals surface area contributed by atoms with Crippen LogP contribution in [0.5, 0.6) is 0 Å². The third-order valence-corrected chi connectivity index (χ3v) is 3.66. The van der Waals surface area contributed by atoms with E-state index < -0.39 is 11.9 Å². The number of carboxylic acids is 1. The van der Waals surface area contributed by atoms with E-state index in [1.165, 1.54) is 0 Å². The summed E-state index contributed by atoms with van der Waals surface area (Å²) in [6.45, 7) is 1.83. The molecule has 20 heavy (non-hydrogen) atoms. The van der Waals surface area contributed by atoms with Gasteiger partial charge in [-0.2, -0.15) is 0 Å². The number of pyridine rings is 1. The first-order valence-electron chi connectivity index (χ1n) is 6.74. The van der Waals surface area contributed by atoms with Gasteiger partial charge in [0.25, 0.3) is 5.91 Å². The molecule has 0 spiro atoms. The molecule has 0 aliphatic heterocycles. The summed E-state index contributed by atoms with van der Waals surface area (Å²) in [5.41, 5.74) is 6.45. The summed E-state index contributed by atoms with van der Waals surface area (Å²) in [5.74, 6) is -1.17. The maximum Gasteiger partial charge on any atom is 0.306 e. The van der Waals surface area contributed by atoms with Gasteiger partial charge in [-0.15, -0.1) is 0 Å². The largest absolute Gasteiger partial charge is 0.481 e. The molecule has 0 radical (unpaired) electrons. The summed E-state index contributed by atoms with van der Waals surface area (Å²) in [6.07, 6.45) is 2.98. The van der Waals surface area contributed by atoms with Gasteiger partial charge in [0.05, 0.1) is 11.5 Å². The van der Waals surface area contributed by atoms with Gasteiger partial charge in [0.1, 0.15) is 5.82 Å². The first kappa shape index (κ1) is 14.3. The van der Waals surface area contributed by atoms with Crippen molar-refractivity contribution in [1.29, 1.82) is 0 Å². The minimum Gasteiger partial charge on any atom is -0.481 e. The Hall–Kier alpha value is -2.11. The average molecular weight is 277 g/mol. The fraction of sp³-hybridized carbons (Fsp3) is 0.500. The van der Waals surface area contributed by atoms with E-state index >= 15 is 0 Å². The Kier molecular flexibility index (Phi) is 4.22. The molecule has 4 N–H and O–H groups in total. The standard InChI is InChI=1S/C14H19N3O3/c1-8-5-6-11(12(15)18)13(16-8)17-10-4-2-3-9(7-10)14(19)20/h5-6,9-10H,2-4,7H2,1H3,(H2,15,18)(H,16,17)(H,19,20). The molecule has 0 saturated heterocycles. The van der Waals surface area contributed by atoms with Crippen molar-refractivity contribution in [3.8, 4) is 0 Å². The fourth-order valence-electron chi connectivity index (χ4n) is 2.60. The van der Waals surface area contributed by atoms with Gasteiger partial charge in [-0.05, 0) is 38.3 Å². The van der Waals surface area contributed by atoms with Crippen LogP contribution in [0, 0.1) is 12.8 Å². The number of hydrogen-bond acceptors (Lipinski definition) is 4. The average Bonchev–Trinajstić information content (AvgIpc) is 2.38. The van der Waals surface area contributed by atoms with Crippen LogP contribution in [0.15, 0.2) is 12.1 Å². The molecule has 2 rings (SSSR count). The van der Waals surface area contributed by atoms with Crippen LogP contribution >= 0.6 is 0 Å². The fourth-order valence-corrected chi connectivity index (χ4v) is 2.60. The number of nitrogens with one attached hydrogen (secondary N) is 1. The van der Waals surface area contributed by atoms with E-state index in [-0.39, 0.29) is 12.0 Å². The number of carbonyl (C=O) groups excluding carboxylic acids is 1. The predicted molar refractivity (Wildman–Crippen MR) is 74.5 cm³/mol. The van der Waals surface area contributed by atoms with Crippen molar-refractivity contribution >= 4 is 17.7 Å². The molecule has 1 aromatic rings. The maximum absolute atomic E-state index is 11.4. The molecule has 6 nitrogen and oxygen atoms in total. The molecular formula is C14H19N3O3. The molecule has 108 valence electrons. The Balaban J connectivity index is 2.15. The second-order valence-corrected chi connectivity index (χ2v) is 5.26. The number of aliphatic carboxylic acids is 1. The number of aromatic nitrogens is 1. The maximum atomic E-state index is 11.4. The molecule has 1 fully saturated rings. The lowest BCUT2D eigenvalue weighted by Crippen LogP contribution is -2.32. The first-order valence-corrected chi connectivity index (χ1v) is 6.74. The summed E-state index contributed by atoms with van der Waals surface area (Å²) in [5, 5.41) is 12.3. The van der Waals surface area contributed by atoms with Gasteiger partial charge >= 0.3 is 5.97 Å². The van der Waals surface area contributed by atoms with Crippen molar-refractivity contribution in [1.82, 2.24) is 4.98 Å². The van der Waals surface area contributed by atoms with Crippen molar-refractivity contribution in [3.05, 3.63) is 23.4 Å². The highest BCUT2D eigenvalue weighted by atomic mass is 16.4. The number of carboxylic acid groups (broad SMARTS) is 1. The number of nitrogens with zero attached hydrogens (tertiary/aromatic N) is 1. The summed E-state index contributed by atoms with van der Waals surface area (Å²) < 4.78 is 0. The van der Waals surface area contributed by atoms with Crippen LogP contribution < -0.4 is 11.1 Å². The normalized spacial score (nSPS) is 22.2. The topological polar surface area (TPSA) is 105 Å². The summed E-state index contributed by atoms with van der Waals surface area (Å²) in [4.78, 5) is 26.8. The van der Waals surface area contributed by atoms with Gasteiger partial charge in [0.15, 0.2) is 0 Å². The molecule has 1 aliphatic rings. The summed E-state index contributed by atoms with van der Waals surface area (Å²) in [6, 6.07) is 3.38. The number of carbonyl (C=O) groups is 2. The van der Waals surface area contributed by atoms with Crippen LogP contribution in [0.25, 0.3) is 0 Å². The zero-order valence-corrected chi connectivity index (χ0v) is 11.4. The minimum atomic E-state index is -0.760. The van der Waals surface area contributed by atoms with Crippen molar-refractivity contribution in [3.63, 3.8) is 0 Å². The van der Waals surface area contributed by atoms with Crippen molar-refractivity contribution in [2.24, 2.45) is 11.7 Å². The summed E-state index contributed by atoms with van der Waals surface area (Å²) >= 11 is 0. The van der Waals surface area contributed by atoms with Gasteiger partial charge < -0.3 is 16.2 Å². The molecular weight excluding hydrogens is 258 g/mol. The number of rotatable bonds is 4. The van der Waals surface area contributed by atoms with E-state index in [2.05, 4.69) is 10.3 Å². The van der Waals surface area contributed by atoms with Crippen LogP contribution in [-0.4, -0.2) is 28.0 Å². The summed E-state index contributed by atoms with van der Waals surface area (Å²) in [7, 11) is 0. The molecule has 1 saturated carbocycles. The molecule has 1 heterocycles. The third-order valence-electron chi connectivity index (χ3n) is 3.66. The number of nitrogens with two attached hydrogens (primary N) is 1. The lowest BCUT2D eigenvalue weighted by molar-refractivity contribution is -0.142. The second-order valence-electron chi connectivity index (χ2n) is 5.26. The highest BCUT2D eigenvalue weighted by Crippen LogP contribution is 2.27. The first-order chi connectivity index (χ1) is 9.47. The van der Waals surface area contributed by atoms with Gasteiger partial charge in [-0.3, -0.25) is 9.59 Å². The zero-order valence-electron chi connectivity index (χ0n) is 11.4. The molecule has 1 aliphatic carbocycles. The Morgan fingerprint density at radius 2 is 2.15 bits per heavy atom. The molecule has 6 heteroatoms. The van der Waals surface area contributed by atoms with E-state index in [1.54, 1.807) is 12.1 Å². The Labute approximate surface area is 117 Å². The Morgan fingerprint density at radius 3 is 2.80 bits per heavy atom. The minimum absolute atomic E-state index is 0.0113. The number of amides is 1. The molecule has 2 atom stereocenters. The van der Waals surface area contributed by atoms with E-state index in [0.29, 0.717) is 24.2 Å². The molecule has 0 bridgehead atoms. The van der Waals surface area contributed by atoms with Crippen molar-refractivity contribution in [2.75, 3.05) is 5.32 Å². The number of primary amides is 1. The van der Waals surface area contributed by atoms with Crippen LogP contribution in [0.4, 0.5) is 5.82 Å². The van der Waals surface area contributed by atoms with E-state index in [4.69, 9.17) is 10.8 Å². The Morgan fingerprint density at radius 1 is 1.40 bits per heavy atom. The molecule has 0 aromatic carbocycles. The number of aryl methyl sites for hydroxylation is 1. The van der Waals surface area contributed by atoms with E-state index in [9.17, 15) is 9.59 Å². The van der Waals surface area contributed by atoms with Crippen molar-refractivity contribution < 1.29 is 14.7 Å². The Bertz CT molecular complexity index is 530. The highest BCUT2D eigenvalue weighted by Gasteiger charge is 2.27. The molecule has 1 amide bonds. The molecule has 1 aromatic heterocycles. The van der Waals surface area contributed by atoms with E-state index in [0.717, 1.165) is 18.5 Å². The van der Waals surface area contributed by atoms with Gasteiger partial charge in [0, 0.05) is 11.7 Å². The lowest BCUT2D eigenvalue weighted by atomic mass is 9.86. The van der Waals surface area contributed by atoms with Crippen LogP contribution in [0.2, 0.25) is 0 Å². The van der Waals surface area contributed by atoms with Crippen LogP contribution in [0.3, 0.4) is 0 Å². The SMILES string of the molecule is Cc1ccc(C(N)=O)c(NC2CCCC(C(=O)O)C2)n1. The predicted octanol–water partition coefficient (Wildman–Crippen LogP) is 1.54. The van der Waals surface area contributed by atoms with E-state index in [1.807, 2.05) is 6.92 Å². The lowest BCUT2D eigenvalue weighted by Gasteiger charge is -2.28. The molecule has 2 unspecified atom stereocenters. The quantitative estimate of drug-likeness (QED) is 0.774. The highest BCUT2D eigenvalue weighted by molar-refractivity contribution is 5.97. The second kappa shape index (κ2) is 5.90. The van der Waals surface area contributed by atoms with Crippen molar-refractivity contribution in [2.45, 2.75) is 38.6 Å². The van der Waals surface area contributed by atoms with Gasteiger partial charge in [0.2, 0.25) is 0 Å². The van der Waals surface area contributed by atoms with Crippen LogP contribution in [-0.2, 0) is 4.79 Å². The monoisotopic (exact) mass is 277 g/mol. The van der Waals surface area contributed by atoms with Gasteiger partial charge in [-0.25, -0.2) is 4.98 Å². The smallest absolute Gasteiger partial charge is 0.306 e. The number of hydrogen-bond donors (Lipinski definition) is 3. The van der Waals surface area contributed by atoms with Crippen LogP contribution in [0.1, 0.15) is 41.7 Å². The third kappa shape index (κ3) is 3.26. The van der Waals surface area contributed by atoms with Gasteiger partial charge in [-0.1, -0.05) is 6.42 Å². The zero-order chi connectivity index (χ0) is 14.7.